The summed E-state index contributed by atoms with van der Waals surface area (Å²) < 4.78 is 5.20. The summed E-state index contributed by atoms with van der Waals surface area (Å²) in [5.74, 6) is 0.536. The van der Waals surface area contributed by atoms with Gasteiger partial charge in [0.15, 0.2) is 0 Å². The van der Waals surface area contributed by atoms with Crippen LogP contribution in [-0.4, -0.2) is 17.2 Å². The first-order valence-electron chi connectivity index (χ1n) is 6.56. The third-order valence-electron chi connectivity index (χ3n) is 3.45. The number of methoxy groups -OCH3 is 1. The summed E-state index contributed by atoms with van der Waals surface area (Å²) in [5, 5.41) is 13.1. The summed E-state index contributed by atoms with van der Waals surface area (Å²) in [5.41, 5.74) is 1.32. The number of aliphatic hydroxyl groups excluding tert-OH is 1. The number of aromatic nitrogens is 1. The van der Waals surface area contributed by atoms with Crippen LogP contribution in [0.2, 0.25) is 5.02 Å². The molecule has 0 bridgehead atoms. The van der Waals surface area contributed by atoms with Crippen LogP contribution in [0.1, 0.15) is 17.4 Å². The molecule has 0 aliphatic heterocycles. The van der Waals surface area contributed by atoms with Crippen molar-refractivity contribution >= 4 is 22.4 Å². The largest absolute Gasteiger partial charge is 0.495 e. The van der Waals surface area contributed by atoms with E-state index >= 15 is 0 Å². The number of nitrogens with zero attached hydrogens (tertiary/aromatic N) is 1. The van der Waals surface area contributed by atoms with Crippen molar-refractivity contribution in [1.82, 2.24) is 4.98 Å². The molecule has 4 heteroatoms. The highest BCUT2D eigenvalue weighted by Crippen LogP contribution is 2.32. The SMILES string of the molecule is COc1cc(C(O)c2nccc3ccccc23)ccc1Cl. The monoisotopic (exact) mass is 299 g/mol. The molecule has 0 aliphatic rings. The zero-order valence-electron chi connectivity index (χ0n) is 11.5. The predicted octanol–water partition coefficient (Wildman–Crippen LogP) is 3.98. The maximum Gasteiger partial charge on any atom is 0.137 e. The molecule has 3 rings (SSSR count). The summed E-state index contributed by atoms with van der Waals surface area (Å²) in [7, 11) is 1.55. The van der Waals surface area contributed by atoms with E-state index < -0.39 is 6.10 Å². The molecule has 0 radical (unpaired) electrons. The molecular weight excluding hydrogens is 286 g/mol. The number of rotatable bonds is 3. The van der Waals surface area contributed by atoms with Crippen molar-refractivity contribution in [2.24, 2.45) is 0 Å². The van der Waals surface area contributed by atoms with Crippen molar-refractivity contribution in [1.29, 1.82) is 0 Å². The fourth-order valence-electron chi connectivity index (χ4n) is 2.37. The van der Waals surface area contributed by atoms with Gasteiger partial charge in [-0.3, -0.25) is 4.98 Å². The first kappa shape index (κ1) is 13.9. The summed E-state index contributed by atoms with van der Waals surface area (Å²) >= 11 is 6.02. The third kappa shape index (κ3) is 2.58. The number of benzene rings is 2. The van der Waals surface area contributed by atoms with Gasteiger partial charge in [0, 0.05) is 11.6 Å². The van der Waals surface area contributed by atoms with Gasteiger partial charge in [-0.2, -0.15) is 0 Å². The zero-order chi connectivity index (χ0) is 14.8. The van der Waals surface area contributed by atoms with Crippen LogP contribution in [0, 0.1) is 0 Å². The molecule has 3 nitrogen and oxygen atoms in total. The molecule has 1 aromatic heterocycles. The van der Waals surface area contributed by atoms with Crippen molar-refractivity contribution in [3.05, 3.63) is 71.0 Å². The second kappa shape index (κ2) is 5.72. The molecule has 0 aliphatic carbocycles. The second-order valence-corrected chi connectivity index (χ2v) is 5.12. The molecule has 3 aromatic rings. The van der Waals surface area contributed by atoms with Gasteiger partial charge in [0.2, 0.25) is 0 Å². The van der Waals surface area contributed by atoms with E-state index in [-0.39, 0.29) is 0 Å². The van der Waals surface area contributed by atoms with Gasteiger partial charge in [-0.15, -0.1) is 0 Å². The van der Waals surface area contributed by atoms with E-state index in [0.29, 0.717) is 22.0 Å². The Morgan fingerprint density at radius 2 is 1.95 bits per heavy atom. The summed E-state index contributed by atoms with van der Waals surface area (Å²) in [6, 6.07) is 15.0. The maximum atomic E-state index is 10.6. The lowest BCUT2D eigenvalue weighted by atomic mass is 10.0. The molecule has 0 saturated carbocycles. The van der Waals surface area contributed by atoms with Crippen LogP contribution in [0.4, 0.5) is 0 Å². The lowest BCUT2D eigenvalue weighted by molar-refractivity contribution is 0.216. The van der Waals surface area contributed by atoms with Gasteiger partial charge in [-0.1, -0.05) is 41.9 Å². The number of ether oxygens (including phenoxy) is 1. The van der Waals surface area contributed by atoms with E-state index in [1.807, 2.05) is 30.3 Å². The molecule has 0 saturated heterocycles. The number of halogens is 1. The first-order valence-corrected chi connectivity index (χ1v) is 6.93. The van der Waals surface area contributed by atoms with Crippen LogP contribution in [-0.2, 0) is 0 Å². The smallest absolute Gasteiger partial charge is 0.137 e. The molecule has 0 fully saturated rings. The van der Waals surface area contributed by atoms with Gasteiger partial charge in [0.05, 0.1) is 17.8 Å². The van der Waals surface area contributed by atoms with Crippen molar-refractivity contribution in [3.63, 3.8) is 0 Å². The van der Waals surface area contributed by atoms with Gasteiger partial charge in [-0.05, 0) is 29.1 Å². The third-order valence-corrected chi connectivity index (χ3v) is 3.77. The highest BCUT2D eigenvalue weighted by atomic mass is 35.5. The fourth-order valence-corrected chi connectivity index (χ4v) is 2.56. The van der Waals surface area contributed by atoms with E-state index in [9.17, 15) is 5.11 Å². The minimum atomic E-state index is -0.831. The Kier molecular flexibility index (Phi) is 3.78. The van der Waals surface area contributed by atoms with E-state index in [4.69, 9.17) is 16.3 Å². The number of hydrogen-bond acceptors (Lipinski definition) is 3. The molecule has 0 amide bonds. The molecule has 1 N–H and O–H groups in total. The molecule has 21 heavy (non-hydrogen) atoms. The Hall–Kier alpha value is -2.10. The Labute approximate surface area is 127 Å². The fraction of sp³-hybridized carbons (Fsp3) is 0.118. The van der Waals surface area contributed by atoms with E-state index in [2.05, 4.69) is 4.98 Å². The average Bonchev–Trinajstić information content (AvgIpc) is 2.54. The predicted molar refractivity (Wildman–Crippen MR) is 83.8 cm³/mol. The highest BCUT2D eigenvalue weighted by molar-refractivity contribution is 6.32. The van der Waals surface area contributed by atoms with E-state index in [1.165, 1.54) is 0 Å². The average molecular weight is 300 g/mol. The van der Waals surface area contributed by atoms with Gasteiger partial charge in [0.1, 0.15) is 11.9 Å². The van der Waals surface area contributed by atoms with Crippen molar-refractivity contribution in [2.75, 3.05) is 7.11 Å². The quantitative estimate of drug-likeness (QED) is 0.795. The van der Waals surface area contributed by atoms with Crippen molar-refractivity contribution in [2.45, 2.75) is 6.10 Å². The van der Waals surface area contributed by atoms with Crippen LogP contribution < -0.4 is 4.74 Å². The number of aliphatic hydroxyl groups is 1. The van der Waals surface area contributed by atoms with Crippen LogP contribution in [0.25, 0.3) is 10.8 Å². The van der Waals surface area contributed by atoms with Crippen LogP contribution in [0.5, 0.6) is 5.75 Å². The van der Waals surface area contributed by atoms with Crippen molar-refractivity contribution < 1.29 is 9.84 Å². The number of hydrogen-bond donors (Lipinski definition) is 1. The Morgan fingerprint density at radius 1 is 1.14 bits per heavy atom. The molecule has 1 heterocycles. The minimum Gasteiger partial charge on any atom is -0.495 e. The van der Waals surface area contributed by atoms with Gasteiger partial charge >= 0.3 is 0 Å². The van der Waals surface area contributed by atoms with E-state index in [1.54, 1.807) is 31.5 Å². The minimum absolute atomic E-state index is 0.513. The number of fused-ring (bicyclic) bond motifs is 1. The molecular formula is C17H14ClNO2. The van der Waals surface area contributed by atoms with Crippen LogP contribution in [0.3, 0.4) is 0 Å². The van der Waals surface area contributed by atoms with Crippen molar-refractivity contribution in [3.8, 4) is 5.75 Å². The maximum absolute atomic E-state index is 10.6. The normalized spacial score (nSPS) is 12.3. The topological polar surface area (TPSA) is 42.4 Å². The van der Waals surface area contributed by atoms with Gasteiger partial charge < -0.3 is 9.84 Å². The highest BCUT2D eigenvalue weighted by Gasteiger charge is 2.16. The van der Waals surface area contributed by atoms with Crippen LogP contribution >= 0.6 is 11.6 Å². The Bertz CT molecular complexity index is 783. The standard InChI is InChI=1S/C17H14ClNO2/c1-21-15-10-12(6-7-14(15)18)17(20)16-13-5-3-2-4-11(13)8-9-19-16/h2-10,17,20H,1H3. The molecule has 106 valence electrons. The lowest BCUT2D eigenvalue weighted by Gasteiger charge is -2.14. The number of pyridine rings is 1. The van der Waals surface area contributed by atoms with Crippen LogP contribution in [0.15, 0.2) is 54.7 Å². The van der Waals surface area contributed by atoms with E-state index in [0.717, 1.165) is 10.8 Å². The second-order valence-electron chi connectivity index (χ2n) is 4.71. The zero-order valence-corrected chi connectivity index (χ0v) is 12.2. The Morgan fingerprint density at radius 3 is 2.76 bits per heavy atom. The van der Waals surface area contributed by atoms with Gasteiger partial charge in [-0.25, -0.2) is 0 Å². The summed E-state index contributed by atoms with van der Waals surface area (Å²) in [6.45, 7) is 0. The summed E-state index contributed by atoms with van der Waals surface area (Å²) in [6.07, 6.45) is 0.871. The Balaban J connectivity index is 2.10. The molecule has 1 unspecified atom stereocenters. The summed E-state index contributed by atoms with van der Waals surface area (Å²) in [4.78, 5) is 4.34. The van der Waals surface area contributed by atoms with Gasteiger partial charge in [0.25, 0.3) is 0 Å². The molecule has 0 spiro atoms. The molecule has 1 atom stereocenters. The molecule has 2 aromatic carbocycles. The first-order chi connectivity index (χ1) is 10.2. The lowest BCUT2D eigenvalue weighted by Crippen LogP contribution is -2.03.